The molecule has 0 saturated heterocycles. The monoisotopic (exact) mass is 271 g/mol. The first-order valence-corrected chi connectivity index (χ1v) is 5.55. The van der Waals surface area contributed by atoms with E-state index in [9.17, 15) is 4.39 Å². The molecule has 0 aromatic heterocycles. The van der Waals surface area contributed by atoms with Gasteiger partial charge < -0.3 is 5.32 Å². The number of nitrogens with one attached hydrogen (secondary N) is 2. The lowest BCUT2D eigenvalue weighted by atomic mass is 10.2. The Balaban J connectivity index is 2.59. The van der Waals surface area contributed by atoms with Crippen molar-refractivity contribution < 1.29 is 4.39 Å². The van der Waals surface area contributed by atoms with E-state index in [1.807, 2.05) is 0 Å². The van der Waals surface area contributed by atoms with Gasteiger partial charge in [0.25, 0.3) is 0 Å². The van der Waals surface area contributed by atoms with Gasteiger partial charge in [0.2, 0.25) is 0 Å². The Hall–Kier alpha value is -1.46. The molecule has 0 fully saturated rings. The van der Waals surface area contributed by atoms with Crippen LogP contribution in [0.4, 0.5) is 4.39 Å². The molecule has 0 bridgehead atoms. The van der Waals surface area contributed by atoms with E-state index in [0.717, 1.165) is 0 Å². The highest BCUT2D eigenvalue weighted by Crippen LogP contribution is 2.16. The van der Waals surface area contributed by atoms with E-state index in [-0.39, 0.29) is 5.56 Å². The summed E-state index contributed by atoms with van der Waals surface area (Å²) in [4.78, 5) is 0. The standard InChI is InChI=1S/C11H11ClFN3S/c1-2-6-14-11(17)16-15-7-8-9(12)4-3-5-10(8)13/h2-5,7H,1,6H2,(H2,14,16,17)/b15-7+. The fourth-order valence-corrected chi connectivity index (χ4v) is 1.34. The van der Waals surface area contributed by atoms with Gasteiger partial charge in [-0.15, -0.1) is 6.58 Å². The Kier molecular flexibility index (Phi) is 5.59. The van der Waals surface area contributed by atoms with Crippen LogP contribution in [0.2, 0.25) is 5.02 Å². The zero-order chi connectivity index (χ0) is 12.7. The van der Waals surface area contributed by atoms with Gasteiger partial charge in [0.05, 0.1) is 11.2 Å². The highest BCUT2D eigenvalue weighted by Gasteiger charge is 2.03. The second-order valence-electron chi connectivity index (χ2n) is 3.00. The molecule has 0 atom stereocenters. The van der Waals surface area contributed by atoms with Crippen molar-refractivity contribution in [3.8, 4) is 0 Å². The van der Waals surface area contributed by atoms with E-state index in [1.165, 1.54) is 18.3 Å². The third kappa shape index (κ3) is 4.50. The van der Waals surface area contributed by atoms with E-state index in [1.54, 1.807) is 12.1 Å². The van der Waals surface area contributed by atoms with Crippen LogP contribution in [0.5, 0.6) is 0 Å². The molecule has 0 aliphatic heterocycles. The number of rotatable bonds is 4. The summed E-state index contributed by atoms with van der Waals surface area (Å²) in [5.41, 5.74) is 2.75. The average molecular weight is 272 g/mol. The first-order valence-electron chi connectivity index (χ1n) is 4.77. The zero-order valence-electron chi connectivity index (χ0n) is 8.91. The highest BCUT2D eigenvalue weighted by atomic mass is 35.5. The number of halogens is 2. The predicted octanol–water partition coefficient (Wildman–Crippen LogP) is 2.46. The molecule has 1 rings (SSSR count). The van der Waals surface area contributed by atoms with Gasteiger partial charge in [-0.05, 0) is 24.4 Å². The van der Waals surface area contributed by atoms with Crippen LogP contribution in [0.3, 0.4) is 0 Å². The van der Waals surface area contributed by atoms with Crippen LogP contribution in [-0.2, 0) is 0 Å². The van der Waals surface area contributed by atoms with Crippen LogP contribution in [-0.4, -0.2) is 17.9 Å². The summed E-state index contributed by atoms with van der Waals surface area (Å²) >= 11 is 10.7. The topological polar surface area (TPSA) is 36.4 Å². The average Bonchev–Trinajstić information content (AvgIpc) is 2.30. The summed E-state index contributed by atoms with van der Waals surface area (Å²) in [7, 11) is 0. The summed E-state index contributed by atoms with van der Waals surface area (Å²) in [5.74, 6) is -0.437. The molecule has 0 heterocycles. The zero-order valence-corrected chi connectivity index (χ0v) is 10.5. The Labute approximate surface area is 109 Å². The van der Waals surface area contributed by atoms with Crippen LogP contribution in [0.25, 0.3) is 0 Å². The first kappa shape index (κ1) is 13.6. The van der Waals surface area contributed by atoms with Gasteiger partial charge in [0.1, 0.15) is 5.82 Å². The summed E-state index contributed by atoms with van der Waals surface area (Å²) < 4.78 is 13.3. The molecule has 1 aromatic rings. The molecule has 0 spiro atoms. The molecule has 2 N–H and O–H groups in total. The molecule has 90 valence electrons. The van der Waals surface area contributed by atoms with E-state index in [2.05, 4.69) is 22.4 Å². The summed E-state index contributed by atoms with van der Waals surface area (Å²) in [6, 6.07) is 4.42. The fourth-order valence-electron chi connectivity index (χ4n) is 0.994. The smallest absolute Gasteiger partial charge is 0.187 e. The minimum atomic E-state index is -0.437. The lowest BCUT2D eigenvalue weighted by molar-refractivity contribution is 0.626. The maximum Gasteiger partial charge on any atom is 0.187 e. The minimum absolute atomic E-state index is 0.216. The van der Waals surface area contributed by atoms with Crippen LogP contribution >= 0.6 is 23.8 Å². The molecule has 0 unspecified atom stereocenters. The molecular weight excluding hydrogens is 261 g/mol. The maximum absolute atomic E-state index is 13.3. The van der Waals surface area contributed by atoms with Crippen molar-refractivity contribution in [2.75, 3.05) is 6.54 Å². The molecular formula is C11H11ClFN3S. The molecule has 0 amide bonds. The maximum atomic E-state index is 13.3. The van der Waals surface area contributed by atoms with Crippen molar-refractivity contribution in [1.29, 1.82) is 0 Å². The van der Waals surface area contributed by atoms with E-state index in [0.29, 0.717) is 16.7 Å². The second-order valence-corrected chi connectivity index (χ2v) is 3.82. The summed E-state index contributed by atoms with van der Waals surface area (Å²) in [6.07, 6.45) is 2.94. The minimum Gasteiger partial charge on any atom is -0.358 e. The van der Waals surface area contributed by atoms with Crippen molar-refractivity contribution in [3.05, 3.63) is 47.3 Å². The highest BCUT2D eigenvalue weighted by molar-refractivity contribution is 7.80. The molecule has 6 heteroatoms. The van der Waals surface area contributed by atoms with Gasteiger partial charge >= 0.3 is 0 Å². The van der Waals surface area contributed by atoms with Crippen LogP contribution in [0.1, 0.15) is 5.56 Å². The van der Waals surface area contributed by atoms with Crippen molar-refractivity contribution in [2.24, 2.45) is 5.10 Å². The Morgan fingerprint density at radius 2 is 2.35 bits per heavy atom. The second kappa shape index (κ2) is 6.98. The van der Waals surface area contributed by atoms with Gasteiger partial charge in [0.15, 0.2) is 5.11 Å². The lowest BCUT2D eigenvalue weighted by Gasteiger charge is -2.03. The predicted molar refractivity (Wildman–Crippen MR) is 72.9 cm³/mol. The molecule has 1 aromatic carbocycles. The van der Waals surface area contributed by atoms with Gasteiger partial charge in [-0.3, -0.25) is 5.43 Å². The van der Waals surface area contributed by atoms with Crippen LogP contribution < -0.4 is 10.7 Å². The van der Waals surface area contributed by atoms with Gasteiger partial charge in [-0.2, -0.15) is 5.10 Å². The number of thiocarbonyl (C=S) groups is 1. The third-order valence-corrected chi connectivity index (χ3v) is 2.33. The third-order valence-electron chi connectivity index (χ3n) is 1.77. The SMILES string of the molecule is C=CCNC(=S)N/N=C/c1c(F)cccc1Cl. The van der Waals surface area contributed by atoms with E-state index in [4.69, 9.17) is 23.8 Å². The summed E-state index contributed by atoms with van der Waals surface area (Å²) in [6.45, 7) is 4.06. The number of hydrogen-bond donors (Lipinski definition) is 2. The van der Waals surface area contributed by atoms with Crippen LogP contribution in [0, 0.1) is 5.82 Å². The molecule has 0 aliphatic rings. The quantitative estimate of drug-likeness (QED) is 0.382. The van der Waals surface area contributed by atoms with E-state index >= 15 is 0 Å². The molecule has 17 heavy (non-hydrogen) atoms. The van der Waals surface area contributed by atoms with Crippen molar-refractivity contribution in [2.45, 2.75) is 0 Å². The number of nitrogens with zero attached hydrogens (tertiary/aromatic N) is 1. The Morgan fingerprint density at radius 3 is 3.00 bits per heavy atom. The van der Waals surface area contributed by atoms with Crippen LogP contribution in [0.15, 0.2) is 36.0 Å². The molecule has 3 nitrogen and oxygen atoms in total. The van der Waals surface area contributed by atoms with Crippen molar-refractivity contribution in [1.82, 2.24) is 10.7 Å². The first-order chi connectivity index (χ1) is 8.15. The largest absolute Gasteiger partial charge is 0.358 e. The van der Waals surface area contributed by atoms with Crippen molar-refractivity contribution in [3.63, 3.8) is 0 Å². The summed E-state index contributed by atoms with van der Waals surface area (Å²) in [5, 5.41) is 7.21. The van der Waals surface area contributed by atoms with Crippen molar-refractivity contribution >= 4 is 35.1 Å². The molecule has 0 aliphatic carbocycles. The lowest BCUT2D eigenvalue weighted by Crippen LogP contribution is -2.31. The number of hydrazone groups is 1. The fraction of sp³-hybridized carbons (Fsp3) is 0.0909. The Morgan fingerprint density at radius 1 is 1.59 bits per heavy atom. The number of hydrogen-bond acceptors (Lipinski definition) is 2. The van der Waals surface area contributed by atoms with Gasteiger partial charge in [0, 0.05) is 12.1 Å². The van der Waals surface area contributed by atoms with E-state index < -0.39 is 5.82 Å². The normalized spacial score (nSPS) is 10.2. The Bertz CT molecular complexity index is 428. The number of benzene rings is 1. The molecule has 0 saturated carbocycles. The van der Waals surface area contributed by atoms with Gasteiger partial charge in [-0.25, -0.2) is 4.39 Å². The van der Waals surface area contributed by atoms with Gasteiger partial charge in [-0.1, -0.05) is 23.7 Å². The molecule has 0 radical (unpaired) electrons.